The maximum absolute atomic E-state index is 13.4. The number of hydrogen-bond donors (Lipinski definition) is 1. The van der Waals surface area contributed by atoms with Crippen LogP contribution < -0.4 is 10.2 Å². The Morgan fingerprint density at radius 1 is 1.25 bits per heavy atom. The normalized spacial score (nSPS) is 29.8. The number of hydrogen-bond acceptors (Lipinski definition) is 6. The maximum Gasteiger partial charge on any atom is 0.335 e. The van der Waals surface area contributed by atoms with Gasteiger partial charge in [-0.05, 0) is 95.8 Å². The Morgan fingerprint density at radius 2 is 1.93 bits per heavy atom. The molecule has 0 bridgehead atoms. The van der Waals surface area contributed by atoms with E-state index in [9.17, 15) is 14.7 Å². The van der Waals surface area contributed by atoms with E-state index in [2.05, 4.69) is 40.3 Å². The lowest BCUT2D eigenvalue weighted by Gasteiger charge is -2.61. The smallest absolute Gasteiger partial charge is 0.335 e. The highest BCUT2D eigenvalue weighted by Crippen LogP contribution is 2.63. The molecule has 40 heavy (non-hydrogen) atoms. The molecule has 1 unspecified atom stereocenters. The number of esters is 1. The second-order valence-corrected chi connectivity index (χ2v) is 13.2. The number of aliphatic hydroxyl groups is 1. The standard InChI is InChI=1S/C34H52O6/c1-11-21(4)29(35)31(37)40-28-16-18-33(8)26(19-25-30(36)23(6)24(7)39-32(25)38-10)22(5)14-15-27(33)34(28,9)17-12-13-20(2)3/h13,21,26-29,35H,5,11-12,14-19H2,1-4,6-10H3/t21?,26-,27-,28+,29-,33-,34+/m1/s1. The van der Waals surface area contributed by atoms with Gasteiger partial charge in [0, 0.05) is 11.0 Å². The summed E-state index contributed by atoms with van der Waals surface area (Å²) in [5.41, 5.74) is 3.16. The van der Waals surface area contributed by atoms with Crippen LogP contribution in [0.5, 0.6) is 5.95 Å². The topological polar surface area (TPSA) is 86.0 Å². The minimum Gasteiger partial charge on any atom is -0.468 e. The fourth-order valence-corrected chi connectivity index (χ4v) is 7.52. The van der Waals surface area contributed by atoms with Gasteiger partial charge in [0.25, 0.3) is 5.95 Å². The van der Waals surface area contributed by atoms with Crippen molar-refractivity contribution in [3.63, 3.8) is 0 Å². The number of aliphatic hydroxyl groups excluding tert-OH is 1. The Labute approximate surface area is 241 Å². The maximum atomic E-state index is 13.4. The summed E-state index contributed by atoms with van der Waals surface area (Å²) in [5.74, 6) is 0.518. The second-order valence-electron chi connectivity index (χ2n) is 13.2. The molecule has 6 nitrogen and oxygen atoms in total. The van der Waals surface area contributed by atoms with Crippen molar-refractivity contribution in [1.29, 1.82) is 0 Å². The molecule has 2 fully saturated rings. The van der Waals surface area contributed by atoms with Crippen molar-refractivity contribution in [3.8, 4) is 5.95 Å². The molecule has 1 N–H and O–H groups in total. The van der Waals surface area contributed by atoms with E-state index in [0.717, 1.165) is 37.7 Å². The number of ether oxygens (including phenoxy) is 2. The highest BCUT2D eigenvalue weighted by Gasteiger charge is 2.59. The lowest BCUT2D eigenvalue weighted by Crippen LogP contribution is -2.57. The number of aryl methyl sites for hydroxylation is 1. The fraction of sp³-hybridized carbons (Fsp3) is 0.706. The summed E-state index contributed by atoms with van der Waals surface area (Å²) in [4.78, 5) is 26.5. The van der Waals surface area contributed by atoms with E-state index >= 15 is 0 Å². The van der Waals surface area contributed by atoms with Crippen molar-refractivity contribution in [2.75, 3.05) is 7.11 Å². The van der Waals surface area contributed by atoms with E-state index in [1.54, 1.807) is 21.0 Å². The predicted molar refractivity (Wildman–Crippen MR) is 160 cm³/mol. The first-order chi connectivity index (χ1) is 18.7. The zero-order valence-electron chi connectivity index (χ0n) is 26.3. The van der Waals surface area contributed by atoms with Crippen LogP contribution in [0, 0.1) is 42.4 Å². The van der Waals surface area contributed by atoms with Crippen LogP contribution in [0.15, 0.2) is 33.0 Å². The molecule has 0 amide bonds. The van der Waals surface area contributed by atoms with Crippen LogP contribution in [0.25, 0.3) is 0 Å². The van der Waals surface area contributed by atoms with Crippen LogP contribution in [0.2, 0.25) is 0 Å². The Hall–Kier alpha value is -2.34. The van der Waals surface area contributed by atoms with Crippen LogP contribution in [0.4, 0.5) is 0 Å². The largest absolute Gasteiger partial charge is 0.468 e. The molecule has 0 aromatic carbocycles. The van der Waals surface area contributed by atoms with Gasteiger partial charge < -0.3 is 19.0 Å². The molecule has 0 saturated heterocycles. The molecule has 2 aliphatic rings. The Morgan fingerprint density at radius 3 is 2.52 bits per heavy atom. The monoisotopic (exact) mass is 556 g/mol. The third-order valence-electron chi connectivity index (χ3n) is 10.5. The van der Waals surface area contributed by atoms with Gasteiger partial charge in [-0.25, -0.2) is 4.79 Å². The number of fused-ring (bicyclic) bond motifs is 1. The van der Waals surface area contributed by atoms with Gasteiger partial charge >= 0.3 is 5.97 Å². The number of rotatable bonds is 10. The Bertz CT molecular complexity index is 1170. The molecule has 0 aliphatic heterocycles. The average Bonchev–Trinajstić information content (AvgIpc) is 2.90. The van der Waals surface area contributed by atoms with Crippen LogP contribution >= 0.6 is 0 Å². The van der Waals surface area contributed by atoms with E-state index in [-0.39, 0.29) is 40.1 Å². The van der Waals surface area contributed by atoms with Crippen LogP contribution in [0.3, 0.4) is 0 Å². The van der Waals surface area contributed by atoms with Gasteiger partial charge in [0.05, 0.1) is 12.7 Å². The second kappa shape index (κ2) is 12.7. The third kappa shape index (κ3) is 6.12. The van der Waals surface area contributed by atoms with Crippen LogP contribution in [0.1, 0.15) is 103 Å². The van der Waals surface area contributed by atoms with E-state index < -0.39 is 12.1 Å². The summed E-state index contributed by atoms with van der Waals surface area (Å²) in [6.45, 7) is 20.8. The van der Waals surface area contributed by atoms with Gasteiger partial charge in [0.2, 0.25) is 0 Å². The molecule has 3 rings (SSSR count). The number of methoxy groups -OCH3 is 1. The SMILES string of the molecule is C=C1CC[C@H]2[C@](C)(CCC=C(C)C)[C@@H](OC(=O)[C@H](O)C(C)CC)CC[C@]2(C)[C@@H]1Cc1c(OC)oc(C)c(C)c1=O. The summed E-state index contributed by atoms with van der Waals surface area (Å²) in [6, 6.07) is 0. The zero-order valence-corrected chi connectivity index (χ0v) is 26.3. The predicted octanol–water partition coefficient (Wildman–Crippen LogP) is 7.26. The number of carbonyl (C=O) groups is 1. The van der Waals surface area contributed by atoms with E-state index in [0.29, 0.717) is 42.1 Å². The van der Waals surface area contributed by atoms with Crippen molar-refractivity contribution in [1.82, 2.24) is 0 Å². The number of carbonyl (C=O) groups excluding carboxylic acids is 1. The summed E-state index contributed by atoms with van der Waals surface area (Å²) < 4.78 is 17.6. The highest BCUT2D eigenvalue weighted by molar-refractivity contribution is 5.75. The molecule has 1 aromatic rings. The van der Waals surface area contributed by atoms with Gasteiger partial charge in [-0.2, -0.15) is 0 Å². The van der Waals surface area contributed by atoms with Gasteiger partial charge in [0.15, 0.2) is 11.5 Å². The molecular formula is C34H52O6. The number of allylic oxidation sites excluding steroid dienone is 3. The molecule has 1 heterocycles. The van der Waals surface area contributed by atoms with Gasteiger partial charge in [-0.3, -0.25) is 4.79 Å². The summed E-state index contributed by atoms with van der Waals surface area (Å²) in [5, 5.41) is 10.6. The summed E-state index contributed by atoms with van der Waals surface area (Å²) in [7, 11) is 1.55. The molecule has 7 atom stereocenters. The fourth-order valence-electron chi connectivity index (χ4n) is 7.52. The average molecular weight is 557 g/mol. The van der Waals surface area contributed by atoms with Gasteiger partial charge in [0.1, 0.15) is 11.9 Å². The van der Waals surface area contributed by atoms with Crippen molar-refractivity contribution >= 4 is 5.97 Å². The molecule has 2 saturated carbocycles. The molecule has 0 radical (unpaired) electrons. The lowest BCUT2D eigenvalue weighted by atomic mass is 9.45. The first kappa shape index (κ1) is 32.2. The van der Waals surface area contributed by atoms with Crippen molar-refractivity contribution in [3.05, 3.63) is 50.9 Å². The molecular weight excluding hydrogens is 504 g/mol. The van der Waals surface area contributed by atoms with Crippen molar-refractivity contribution in [2.24, 2.45) is 28.6 Å². The van der Waals surface area contributed by atoms with E-state index in [1.807, 2.05) is 13.8 Å². The molecule has 1 aromatic heterocycles. The highest BCUT2D eigenvalue weighted by atomic mass is 16.6. The van der Waals surface area contributed by atoms with Crippen LogP contribution in [-0.4, -0.2) is 30.4 Å². The van der Waals surface area contributed by atoms with E-state index in [4.69, 9.17) is 13.9 Å². The lowest BCUT2D eigenvalue weighted by molar-refractivity contribution is -0.190. The first-order valence-electron chi connectivity index (χ1n) is 15.1. The van der Waals surface area contributed by atoms with Crippen molar-refractivity contribution in [2.45, 2.75) is 119 Å². The van der Waals surface area contributed by atoms with E-state index in [1.165, 1.54) is 5.57 Å². The minimum atomic E-state index is -1.12. The Kier molecular flexibility index (Phi) is 10.2. The van der Waals surface area contributed by atoms with Gasteiger partial charge in [-0.15, -0.1) is 0 Å². The minimum absolute atomic E-state index is 0.0212. The van der Waals surface area contributed by atoms with Crippen LogP contribution in [-0.2, 0) is 16.0 Å². The summed E-state index contributed by atoms with van der Waals surface area (Å²) >= 11 is 0. The Balaban J connectivity index is 2.02. The van der Waals surface area contributed by atoms with Crippen molar-refractivity contribution < 1.29 is 23.8 Å². The molecule has 0 spiro atoms. The first-order valence-corrected chi connectivity index (χ1v) is 15.1. The summed E-state index contributed by atoms with van der Waals surface area (Å²) in [6.07, 6.45) is 7.22. The molecule has 6 heteroatoms. The zero-order chi connectivity index (χ0) is 30.0. The van der Waals surface area contributed by atoms with Gasteiger partial charge in [-0.1, -0.05) is 57.9 Å². The molecule has 224 valence electrons. The quantitative estimate of drug-likeness (QED) is 0.241. The molecule has 2 aliphatic carbocycles. The third-order valence-corrected chi connectivity index (χ3v) is 10.5.